The van der Waals surface area contributed by atoms with Crippen molar-refractivity contribution in [2.24, 2.45) is 0 Å². The summed E-state index contributed by atoms with van der Waals surface area (Å²) in [5.41, 5.74) is 1.31. The Labute approximate surface area is 114 Å². The van der Waals surface area contributed by atoms with Crippen molar-refractivity contribution in [2.45, 2.75) is 40.5 Å². The van der Waals surface area contributed by atoms with Crippen LogP contribution in [0, 0.1) is 0 Å². The monoisotopic (exact) mass is 293 g/mol. The minimum atomic E-state index is -4.64. The van der Waals surface area contributed by atoms with Crippen LogP contribution < -0.4 is 5.01 Å². The van der Waals surface area contributed by atoms with Gasteiger partial charge in [-0.3, -0.25) is 0 Å². The fraction of sp³-hybridized carbons (Fsp3) is 0.727. The van der Waals surface area contributed by atoms with Gasteiger partial charge < -0.3 is 19.7 Å². The Hall–Kier alpha value is -0.880. The van der Waals surface area contributed by atoms with Crippen molar-refractivity contribution < 1.29 is 19.2 Å². The summed E-state index contributed by atoms with van der Waals surface area (Å²) in [4.78, 5) is 26.0. The van der Waals surface area contributed by atoms with E-state index in [1.807, 2.05) is 6.20 Å². The summed E-state index contributed by atoms with van der Waals surface area (Å²) in [5, 5.41) is 2.32. The Morgan fingerprint density at radius 3 is 1.95 bits per heavy atom. The molecule has 0 amide bonds. The Morgan fingerprint density at radius 2 is 1.63 bits per heavy atom. The maximum absolute atomic E-state index is 8.88. The van der Waals surface area contributed by atoms with Crippen LogP contribution in [-0.4, -0.2) is 37.4 Å². The second-order valence-electron chi connectivity index (χ2n) is 3.84. The van der Waals surface area contributed by atoms with Gasteiger partial charge in [0.05, 0.1) is 11.9 Å². The highest BCUT2D eigenvalue weighted by Crippen LogP contribution is 2.25. The molecular formula is C11H24N3O4P. The highest BCUT2D eigenvalue weighted by molar-refractivity contribution is 7.45. The third-order valence-electron chi connectivity index (χ3n) is 2.57. The molecule has 0 bridgehead atoms. The molecular weight excluding hydrogens is 269 g/mol. The highest BCUT2D eigenvalue weighted by Gasteiger charge is 2.10. The number of nitrogens with zero attached hydrogens (tertiary/aromatic N) is 3. The summed E-state index contributed by atoms with van der Waals surface area (Å²) in [5.74, 6) is 1.17. The molecule has 0 saturated carbocycles. The largest absolute Gasteiger partial charge is 0.466 e. The zero-order valence-electron chi connectivity index (χ0n) is 11.9. The lowest BCUT2D eigenvalue weighted by Gasteiger charge is -2.26. The van der Waals surface area contributed by atoms with Crippen molar-refractivity contribution in [3.8, 4) is 0 Å². The first-order chi connectivity index (χ1) is 8.78. The van der Waals surface area contributed by atoms with Gasteiger partial charge in [-0.2, -0.15) is 0 Å². The fourth-order valence-corrected chi connectivity index (χ4v) is 1.76. The number of phosphoric acid groups is 1. The molecule has 0 aliphatic heterocycles. The Bertz CT molecular complexity index is 382. The zero-order chi connectivity index (χ0) is 15.1. The summed E-state index contributed by atoms with van der Waals surface area (Å²) >= 11 is 0. The van der Waals surface area contributed by atoms with Crippen LogP contribution >= 0.6 is 7.82 Å². The smallest absolute Gasteiger partial charge is 0.312 e. The molecule has 3 N–H and O–H groups in total. The van der Waals surface area contributed by atoms with Crippen LogP contribution in [-0.2, 0) is 17.4 Å². The van der Waals surface area contributed by atoms with E-state index in [0.29, 0.717) is 0 Å². The van der Waals surface area contributed by atoms with Gasteiger partial charge in [-0.25, -0.2) is 14.2 Å². The van der Waals surface area contributed by atoms with Gasteiger partial charge in [0.15, 0.2) is 0 Å². The van der Waals surface area contributed by atoms with Crippen molar-refractivity contribution in [2.75, 3.05) is 18.1 Å². The van der Waals surface area contributed by atoms with Gasteiger partial charge in [-0.1, -0.05) is 13.8 Å². The van der Waals surface area contributed by atoms with Crippen LogP contribution in [0.1, 0.15) is 39.2 Å². The van der Waals surface area contributed by atoms with Crippen LogP contribution in [0.4, 0.5) is 0 Å². The molecule has 1 rings (SSSR count). The number of aryl methyl sites for hydroxylation is 2. The second-order valence-corrected chi connectivity index (χ2v) is 4.86. The molecule has 0 saturated heterocycles. The lowest BCUT2D eigenvalue weighted by Crippen LogP contribution is -2.36. The van der Waals surface area contributed by atoms with E-state index >= 15 is 0 Å². The van der Waals surface area contributed by atoms with Gasteiger partial charge in [-0.15, -0.1) is 0 Å². The molecule has 0 fully saturated rings. The van der Waals surface area contributed by atoms with Crippen molar-refractivity contribution >= 4 is 7.82 Å². The summed E-state index contributed by atoms with van der Waals surface area (Å²) in [6.07, 6.45) is 4.04. The molecule has 0 unspecified atom stereocenters. The molecule has 0 aliphatic rings. The van der Waals surface area contributed by atoms with Crippen molar-refractivity contribution in [3.63, 3.8) is 0 Å². The summed E-state index contributed by atoms with van der Waals surface area (Å²) in [6, 6.07) is 0. The Morgan fingerprint density at radius 1 is 1.16 bits per heavy atom. The third-order valence-corrected chi connectivity index (χ3v) is 2.57. The van der Waals surface area contributed by atoms with Gasteiger partial charge in [0.2, 0.25) is 0 Å². The van der Waals surface area contributed by atoms with Crippen molar-refractivity contribution in [1.82, 2.24) is 9.66 Å². The molecule has 7 nitrogen and oxygen atoms in total. The van der Waals surface area contributed by atoms with E-state index in [0.717, 1.165) is 25.9 Å². The standard InChI is InChI=1S/C11H21N3.H3O4P/c1-5-10-9-12-11(6-2)14(10)13(7-3)8-4;1-5(2,3)4/h9H,5-8H2,1-4H3;(H3,1,2,3,4). The van der Waals surface area contributed by atoms with Crippen LogP contribution in [0.25, 0.3) is 0 Å². The van der Waals surface area contributed by atoms with E-state index in [4.69, 9.17) is 19.2 Å². The first-order valence-corrected chi connectivity index (χ1v) is 7.93. The fourth-order valence-electron chi connectivity index (χ4n) is 1.76. The summed E-state index contributed by atoms with van der Waals surface area (Å²) in [6.45, 7) is 10.8. The molecule has 1 aromatic rings. The van der Waals surface area contributed by atoms with E-state index in [2.05, 4.69) is 42.4 Å². The zero-order valence-corrected chi connectivity index (χ0v) is 12.8. The number of hydrogen-bond acceptors (Lipinski definition) is 3. The lowest BCUT2D eigenvalue weighted by molar-refractivity contribution is 0.275. The first-order valence-electron chi connectivity index (χ1n) is 6.37. The molecule has 1 heterocycles. The van der Waals surface area contributed by atoms with E-state index in [-0.39, 0.29) is 0 Å². The van der Waals surface area contributed by atoms with Gasteiger partial charge in [0.25, 0.3) is 0 Å². The molecule has 0 aliphatic carbocycles. The van der Waals surface area contributed by atoms with E-state index < -0.39 is 7.82 Å². The SMILES string of the molecule is CCc1cnc(CC)n1N(CC)CC.O=P(O)(O)O. The molecule has 8 heteroatoms. The third kappa shape index (κ3) is 6.73. The number of hydrogen-bond donors (Lipinski definition) is 3. The number of aromatic nitrogens is 2. The topological polar surface area (TPSA) is 98.8 Å². The average molecular weight is 293 g/mol. The molecule has 0 aromatic carbocycles. The minimum absolute atomic E-state index is 0.997. The quantitative estimate of drug-likeness (QED) is 0.702. The van der Waals surface area contributed by atoms with Crippen LogP contribution in [0.2, 0.25) is 0 Å². The second kappa shape index (κ2) is 8.32. The molecule has 19 heavy (non-hydrogen) atoms. The molecule has 1 aromatic heterocycles. The Kier molecular flexibility index (Phi) is 7.94. The van der Waals surface area contributed by atoms with E-state index in [9.17, 15) is 0 Å². The number of rotatable bonds is 5. The van der Waals surface area contributed by atoms with Crippen molar-refractivity contribution in [3.05, 3.63) is 17.7 Å². The average Bonchev–Trinajstić information content (AvgIpc) is 2.72. The highest BCUT2D eigenvalue weighted by atomic mass is 31.2. The lowest BCUT2D eigenvalue weighted by atomic mass is 10.4. The molecule has 0 radical (unpaired) electrons. The van der Waals surface area contributed by atoms with E-state index in [1.54, 1.807) is 0 Å². The van der Waals surface area contributed by atoms with Gasteiger partial charge in [0, 0.05) is 19.5 Å². The summed E-state index contributed by atoms with van der Waals surface area (Å²) in [7, 11) is -4.64. The van der Waals surface area contributed by atoms with Crippen LogP contribution in [0.15, 0.2) is 6.20 Å². The molecule has 0 spiro atoms. The maximum Gasteiger partial charge on any atom is 0.466 e. The van der Waals surface area contributed by atoms with Crippen molar-refractivity contribution in [1.29, 1.82) is 0 Å². The number of imidazole rings is 1. The predicted octanol–water partition coefficient (Wildman–Crippen LogP) is 1.06. The summed E-state index contributed by atoms with van der Waals surface area (Å²) < 4.78 is 11.2. The predicted molar refractivity (Wildman–Crippen MR) is 74.5 cm³/mol. The molecule has 112 valence electrons. The maximum atomic E-state index is 8.88. The normalized spacial score (nSPS) is 10.9. The van der Waals surface area contributed by atoms with Gasteiger partial charge in [-0.05, 0) is 20.3 Å². The van der Waals surface area contributed by atoms with E-state index in [1.165, 1.54) is 11.5 Å². The Balaban J connectivity index is 0.000000555. The minimum Gasteiger partial charge on any atom is -0.312 e. The van der Waals surface area contributed by atoms with Crippen LogP contribution in [0.5, 0.6) is 0 Å². The first kappa shape index (κ1) is 18.1. The van der Waals surface area contributed by atoms with Crippen LogP contribution in [0.3, 0.4) is 0 Å². The van der Waals surface area contributed by atoms with Gasteiger partial charge in [0.1, 0.15) is 5.82 Å². The van der Waals surface area contributed by atoms with Gasteiger partial charge >= 0.3 is 7.82 Å². The molecule has 0 atom stereocenters.